The molecule has 1 aromatic rings. The van der Waals surface area contributed by atoms with E-state index in [4.69, 9.17) is 0 Å². The minimum absolute atomic E-state index is 0.0451. The van der Waals surface area contributed by atoms with Crippen LogP contribution in [0.25, 0.3) is 0 Å². The van der Waals surface area contributed by atoms with Gasteiger partial charge in [0, 0.05) is 31.8 Å². The Morgan fingerprint density at radius 1 is 1.36 bits per heavy atom. The van der Waals surface area contributed by atoms with Gasteiger partial charge in [0.2, 0.25) is 0 Å². The quantitative estimate of drug-likeness (QED) is 0.606. The summed E-state index contributed by atoms with van der Waals surface area (Å²) >= 11 is 0. The van der Waals surface area contributed by atoms with Gasteiger partial charge in [-0.15, -0.1) is 0 Å². The molecule has 1 saturated carbocycles. The lowest BCUT2D eigenvalue weighted by Gasteiger charge is -2.19. The van der Waals surface area contributed by atoms with Crippen LogP contribution in [0.4, 0.5) is 4.39 Å². The number of nitrogens with zero attached hydrogens (tertiary/aromatic N) is 1. The Balaban J connectivity index is 1.88. The molecule has 0 radical (unpaired) electrons. The predicted molar refractivity (Wildman–Crippen MR) is 86.4 cm³/mol. The maximum absolute atomic E-state index is 13.4. The molecule has 7 heteroatoms. The summed E-state index contributed by atoms with van der Waals surface area (Å²) in [4.78, 5) is 4.08. The molecule has 22 heavy (non-hydrogen) atoms. The lowest BCUT2D eigenvalue weighted by Crippen LogP contribution is -2.42. The Morgan fingerprint density at radius 3 is 2.64 bits per heavy atom. The van der Waals surface area contributed by atoms with Gasteiger partial charge in [-0.1, -0.05) is 12.1 Å². The van der Waals surface area contributed by atoms with Crippen LogP contribution >= 0.6 is 0 Å². The third-order valence-corrected chi connectivity index (χ3v) is 4.82. The Morgan fingerprint density at radius 2 is 2.09 bits per heavy atom. The van der Waals surface area contributed by atoms with E-state index in [1.165, 1.54) is 12.3 Å². The van der Waals surface area contributed by atoms with Gasteiger partial charge in [-0.3, -0.25) is 4.99 Å². The van der Waals surface area contributed by atoms with Crippen molar-refractivity contribution < 1.29 is 12.8 Å². The molecular weight excluding hydrogens is 305 g/mol. The van der Waals surface area contributed by atoms with E-state index >= 15 is 0 Å². The van der Waals surface area contributed by atoms with Crippen molar-refractivity contribution in [3.8, 4) is 0 Å². The molecule has 0 unspecified atom stereocenters. The monoisotopic (exact) mass is 327 g/mol. The minimum atomic E-state index is -2.99. The second kappa shape index (κ2) is 6.64. The fourth-order valence-corrected chi connectivity index (χ4v) is 2.84. The van der Waals surface area contributed by atoms with E-state index < -0.39 is 9.84 Å². The summed E-state index contributed by atoms with van der Waals surface area (Å²) < 4.78 is 35.6. The Hall–Kier alpha value is -1.63. The number of hydrogen-bond donors (Lipinski definition) is 2. The zero-order chi connectivity index (χ0) is 16.2. The average molecular weight is 327 g/mol. The van der Waals surface area contributed by atoms with Crippen molar-refractivity contribution in [3.63, 3.8) is 0 Å². The highest BCUT2D eigenvalue weighted by atomic mass is 32.2. The first-order chi connectivity index (χ1) is 10.3. The maximum Gasteiger partial charge on any atom is 0.191 e. The SMILES string of the molecule is CN=C(NCCS(C)(=O)=O)NCC1(c2cccc(F)c2)CC1. The molecule has 1 aromatic carbocycles. The van der Waals surface area contributed by atoms with Gasteiger partial charge >= 0.3 is 0 Å². The van der Waals surface area contributed by atoms with Crippen molar-refractivity contribution in [1.29, 1.82) is 0 Å². The summed E-state index contributed by atoms with van der Waals surface area (Å²) in [5.74, 6) is 0.397. The van der Waals surface area contributed by atoms with E-state index in [1.807, 2.05) is 6.07 Å². The van der Waals surface area contributed by atoms with Gasteiger partial charge in [0.05, 0.1) is 5.75 Å². The molecule has 0 bridgehead atoms. The number of hydrogen-bond acceptors (Lipinski definition) is 3. The van der Waals surface area contributed by atoms with Crippen LogP contribution in [0, 0.1) is 5.82 Å². The first-order valence-corrected chi connectivity index (χ1v) is 9.29. The van der Waals surface area contributed by atoms with Crippen LogP contribution in [0.15, 0.2) is 29.3 Å². The van der Waals surface area contributed by atoms with Crippen molar-refractivity contribution in [2.45, 2.75) is 18.3 Å². The Kier molecular flexibility index (Phi) is 5.05. The number of benzene rings is 1. The highest BCUT2D eigenvalue weighted by Gasteiger charge is 2.44. The molecule has 0 aromatic heterocycles. The van der Waals surface area contributed by atoms with Crippen LogP contribution in [0.1, 0.15) is 18.4 Å². The van der Waals surface area contributed by atoms with Crippen LogP contribution in [0.2, 0.25) is 0 Å². The molecule has 0 aliphatic heterocycles. The largest absolute Gasteiger partial charge is 0.356 e. The van der Waals surface area contributed by atoms with Gasteiger partial charge in [0.25, 0.3) is 0 Å². The third kappa shape index (κ3) is 4.69. The predicted octanol–water partition coefficient (Wildman–Crippen LogP) is 1.07. The molecule has 1 aliphatic carbocycles. The van der Waals surface area contributed by atoms with Crippen molar-refractivity contribution in [2.24, 2.45) is 4.99 Å². The number of halogens is 1. The fourth-order valence-electron chi connectivity index (χ4n) is 2.37. The molecule has 122 valence electrons. The van der Waals surface area contributed by atoms with Crippen molar-refractivity contribution in [3.05, 3.63) is 35.6 Å². The van der Waals surface area contributed by atoms with Crippen LogP contribution in [0.5, 0.6) is 0 Å². The van der Waals surface area contributed by atoms with Crippen molar-refractivity contribution >= 4 is 15.8 Å². The second-order valence-corrected chi connectivity index (χ2v) is 8.03. The Labute approximate surface area is 130 Å². The van der Waals surface area contributed by atoms with Crippen molar-refractivity contribution in [2.75, 3.05) is 32.1 Å². The van der Waals surface area contributed by atoms with E-state index in [9.17, 15) is 12.8 Å². The summed E-state index contributed by atoms with van der Waals surface area (Å²) in [6, 6.07) is 6.69. The average Bonchev–Trinajstić information content (AvgIpc) is 3.22. The number of rotatable bonds is 6. The van der Waals surface area contributed by atoms with E-state index in [1.54, 1.807) is 19.2 Å². The number of sulfone groups is 1. The normalized spacial score (nSPS) is 17.1. The summed E-state index contributed by atoms with van der Waals surface area (Å²) in [6.07, 6.45) is 3.21. The van der Waals surface area contributed by atoms with E-state index in [-0.39, 0.29) is 17.0 Å². The van der Waals surface area contributed by atoms with E-state index in [2.05, 4.69) is 15.6 Å². The molecule has 1 fully saturated rings. The van der Waals surface area contributed by atoms with Gasteiger partial charge in [-0.25, -0.2) is 12.8 Å². The van der Waals surface area contributed by atoms with Crippen LogP contribution in [0.3, 0.4) is 0 Å². The third-order valence-electron chi connectivity index (χ3n) is 3.87. The molecule has 2 rings (SSSR count). The van der Waals surface area contributed by atoms with Gasteiger partial charge in [-0.05, 0) is 30.5 Å². The highest BCUT2D eigenvalue weighted by Crippen LogP contribution is 2.47. The molecule has 0 spiro atoms. The first-order valence-electron chi connectivity index (χ1n) is 7.23. The topological polar surface area (TPSA) is 70.6 Å². The van der Waals surface area contributed by atoms with Gasteiger partial charge in [0.15, 0.2) is 5.96 Å². The van der Waals surface area contributed by atoms with Gasteiger partial charge < -0.3 is 10.6 Å². The summed E-state index contributed by atoms with van der Waals surface area (Å²) in [5.41, 5.74) is 0.947. The van der Waals surface area contributed by atoms with E-state index in [0.717, 1.165) is 18.4 Å². The minimum Gasteiger partial charge on any atom is -0.356 e. The van der Waals surface area contributed by atoms with Crippen LogP contribution in [-0.2, 0) is 15.3 Å². The van der Waals surface area contributed by atoms with Crippen molar-refractivity contribution in [1.82, 2.24) is 10.6 Å². The molecule has 0 atom stereocenters. The van der Waals surface area contributed by atoms with E-state index in [0.29, 0.717) is 19.0 Å². The zero-order valence-electron chi connectivity index (χ0n) is 12.9. The molecule has 2 N–H and O–H groups in total. The molecule has 0 saturated heterocycles. The second-order valence-electron chi connectivity index (χ2n) is 5.77. The number of aliphatic imine (C=N–C) groups is 1. The number of guanidine groups is 1. The smallest absolute Gasteiger partial charge is 0.191 e. The van der Waals surface area contributed by atoms with Crippen LogP contribution in [-0.4, -0.2) is 46.5 Å². The summed E-state index contributed by atoms with van der Waals surface area (Å²) in [7, 11) is -1.36. The standard InChI is InChI=1S/C15H22FN3O2S/c1-17-14(18-8-9-22(2,20)21)19-11-15(6-7-15)12-4-3-5-13(16)10-12/h3-5,10H,6-9,11H2,1-2H3,(H2,17,18,19). The molecule has 0 heterocycles. The summed E-state index contributed by atoms with van der Waals surface area (Å²) in [5, 5.41) is 6.17. The Bertz CT molecular complexity index is 655. The van der Waals surface area contributed by atoms with Gasteiger partial charge in [-0.2, -0.15) is 0 Å². The fraction of sp³-hybridized carbons (Fsp3) is 0.533. The maximum atomic E-state index is 13.4. The lowest BCUT2D eigenvalue weighted by atomic mass is 9.96. The molecular formula is C15H22FN3O2S. The van der Waals surface area contributed by atoms with Crippen LogP contribution < -0.4 is 10.6 Å². The number of nitrogens with one attached hydrogen (secondary N) is 2. The molecule has 5 nitrogen and oxygen atoms in total. The summed E-state index contributed by atoms with van der Waals surface area (Å²) in [6.45, 7) is 0.959. The van der Waals surface area contributed by atoms with Gasteiger partial charge in [0.1, 0.15) is 15.7 Å². The zero-order valence-corrected chi connectivity index (χ0v) is 13.7. The first kappa shape index (κ1) is 16.7. The molecule has 1 aliphatic rings. The molecule has 0 amide bonds. The highest BCUT2D eigenvalue weighted by molar-refractivity contribution is 7.90. The lowest BCUT2D eigenvalue weighted by molar-refractivity contribution is 0.599.